The van der Waals surface area contributed by atoms with Gasteiger partial charge in [-0.25, -0.2) is 0 Å². The van der Waals surface area contributed by atoms with Gasteiger partial charge in [0, 0.05) is 19.7 Å². The number of rotatable bonds is 6. The number of hydrogen-bond acceptors (Lipinski definition) is 4. The lowest BCUT2D eigenvalue weighted by Gasteiger charge is -2.13. The smallest absolute Gasteiger partial charge is 0.191 e. The molecule has 0 bridgehead atoms. The average molecular weight is 302 g/mol. The van der Waals surface area contributed by atoms with Gasteiger partial charge in [0.25, 0.3) is 0 Å². The van der Waals surface area contributed by atoms with Gasteiger partial charge in [-0.1, -0.05) is 22.9 Å². The van der Waals surface area contributed by atoms with Crippen molar-refractivity contribution in [3.8, 4) is 5.75 Å². The molecule has 2 aromatic rings. The molecule has 2 N–H and O–H groups in total. The van der Waals surface area contributed by atoms with Crippen LogP contribution in [0.1, 0.15) is 16.8 Å². The molecule has 0 saturated carbocycles. The maximum absolute atomic E-state index is 5.39. The van der Waals surface area contributed by atoms with E-state index in [0.717, 1.165) is 30.4 Å². The molecule has 0 spiro atoms. The summed E-state index contributed by atoms with van der Waals surface area (Å²) in [5.74, 6) is 1.65. The van der Waals surface area contributed by atoms with Crippen molar-refractivity contribution in [1.29, 1.82) is 0 Å². The van der Waals surface area contributed by atoms with Crippen LogP contribution < -0.4 is 15.4 Å². The number of hydrogen-bond donors (Lipinski definition) is 2. The zero-order chi connectivity index (χ0) is 15.8. The first-order valence-corrected chi connectivity index (χ1v) is 7.20. The predicted molar refractivity (Wildman–Crippen MR) is 86.1 cm³/mol. The number of nitrogens with one attached hydrogen (secondary N) is 2. The first-order valence-electron chi connectivity index (χ1n) is 7.20. The molecule has 0 aliphatic rings. The van der Waals surface area contributed by atoms with Crippen molar-refractivity contribution in [2.75, 3.05) is 20.7 Å². The Morgan fingerprint density at radius 1 is 1.32 bits per heavy atom. The fourth-order valence-corrected chi connectivity index (χ4v) is 2.14. The maximum atomic E-state index is 5.39. The number of benzene rings is 1. The van der Waals surface area contributed by atoms with E-state index in [1.807, 2.05) is 18.2 Å². The lowest BCUT2D eigenvalue weighted by atomic mass is 10.1. The molecule has 22 heavy (non-hydrogen) atoms. The third-order valence-corrected chi connectivity index (χ3v) is 3.27. The Labute approximate surface area is 130 Å². The van der Waals surface area contributed by atoms with Crippen molar-refractivity contribution in [1.82, 2.24) is 15.8 Å². The summed E-state index contributed by atoms with van der Waals surface area (Å²) in [7, 11) is 3.44. The standard InChI is InChI=1S/C16H22N4O2/c1-12-4-5-15(21-3)13(10-12)6-8-18-16(17-2)19-11-14-7-9-22-20-14/h4-5,7,9-10H,6,8,11H2,1-3H3,(H2,17,18,19). The minimum absolute atomic E-state index is 0.573. The number of nitrogens with zero attached hydrogens (tertiary/aromatic N) is 2. The molecule has 6 heteroatoms. The van der Waals surface area contributed by atoms with Crippen LogP contribution in [0, 0.1) is 6.92 Å². The molecule has 0 unspecified atom stereocenters. The quantitative estimate of drug-likeness (QED) is 0.630. The fraction of sp³-hybridized carbons (Fsp3) is 0.375. The molecule has 6 nitrogen and oxygen atoms in total. The Balaban J connectivity index is 1.82. The molecule has 0 aliphatic carbocycles. The normalized spacial score (nSPS) is 11.3. The highest BCUT2D eigenvalue weighted by atomic mass is 16.5. The van der Waals surface area contributed by atoms with Gasteiger partial charge in [0.05, 0.1) is 13.7 Å². The van der Waals surface area contributed by atoms with Crippen LogP contribution >= 0.6 is 0 Å². The molecular weight excluding hydrogens is 280 g/mol. The van der Waals surface area contributed by atoms with Gasteiger partial charge in [-0.3, -0.25) is 4.99 Å². The van der Waals surface area contributed by atoms with E-state index in [1.165, 1.54) is 11.1 Å². The summed E-state index contributed by atoms with van der Waals surface area (Å²) in [5.41, 5.74) is 3.24. The van der Waals surface area contributed by atoms with Crippen LogP contribution in [0.4, 0.5) is 0 Å². The van der Waals surface area contributed by atoms with Crippen LogP contribution in [0.2, 0.25) is 0 Å². The summed E-state index contributed by atoms with van der Waals surface area (Å²) in [6.45, 7) is 3.41. The van der Waals surface area contributed by atoms with Crippen LogP contribution in [-0.2, 0) is 13.0 Å². The van der Waals surface area contributed by atoms with Crippen molar-refractivity contribution in [3.63, 3.8) is 0 Å². The van der Waals surface area contributed by atoms with E-state index in [2.05, 4.69) is 33.8 Å². The monoisotopic (exact) mass is 302 g/mol. The van der Waals surface area contributed by atoms with Crippen LogP contribution in [0.3, 0.4) is 0 Å². The van der Waals surface area contributed by atoms with Crippen molar-refractivity contribution < 1.29 is 9.26 Å². The van der Waals surface area contributed by atoms with Gasteiger partial charge < -0.3 is 19.9 Å². The number of aliphatic imine (C=N–C) groups is 1. The molecule has 1 heterocycles. The van der Waals surface area contributed by atoms with E-state index in [9.17, 15) is 0 Å². The number of guanidine groups is 1. The van der Waals surface area contributed by atoms with Gasteiger partial charge in [-0.05, 0) is 25.0 Å². The second kappa shape index (κ2) is 8.07. The predicted octanol–water partition coefficient (Wildman–Crippen LogP) is 1.90. The molecule has 0 saturated heterocycles. The first kappa shape index (κ1) is 15.9. The highest BCUT2D eigenvalue weighted by Gasteiger charge is 2.04. The largest absolute Gasteiger partial charge is 0.496 e. The van der Waals surface area contributed by atoms with E-state index >= 15 is 0 Å². The zero-order valence-corrected chi connectivity index (χ0v) is 13.2. The van der Waals surface area contributed by atoms with Gasteiger partial charge in [0.15, 0.2) is 5.96 Å². The third kappa shape index (κ3) is 4.51. The molecule has 0 atom stereocenters. The maximum Gasteiger partial charge on any atom is 0.191 e. The molecule has 118 valence electrons. The van der Waals surface area contributed by atoms with Gasteiger partial charge in [-0.15, -0.1) is 0 Å². The van der Waals surface area contributed by atoms with E-state index in [1.54, 1.807) is 20.4 Å². The molecule has 1 aromatic heterocycles. The van der Waals surface area contributed by atoms with Crippen molar-refractivity contribution in [3.05, 3.63) is 47.3 Å². The summed E-state index contributed by atoms with van der Waals surface area (Å²) >= 11 is 0. The summed E-state index contributed by atoms with van der Waals surface area (Å²) in [4.78, 5) is 4.18. The first-order chi connectivity index (χ1) is 10.7. The van der Waals surface area contributed by atoms with E-state index < -0.39 is 0 Å². The van der Waals surface area contributed by atoms with Gasteiger partial charge in [-0.2, -0.15) is 0 Å². The van der Waals surface area contributed by atoms with Gasteiger partial charge >= 0.3 is 0 Å². The number of methoxy groups -OCH3 is 1. The Kier molecular flexibility index (Phi) is 5.82. The van der Waals surface area contributed by atoms with Crippen LogP contribution in [-0.4, -0.2) is 31.8 Å². The van der Waals surface area contributed by atoms with E-state index in [-0.39, 0.29) is 0 Å². The van der Waals surface area contributed by atoms with Crippen LogP contribution in [0.5, 0.6) is 5.75 Å². The van der Waals surface area contributed by atoms with E-state index in [0.29, 0.717) is 6.54 Å². The van der Waals surface area contributed by atoms with Crippen molar-refractivity contribution in [2.24, 2.45) is 4.99 Å². The Morgan fingerprint density at radius 2 is 2.18 bits per heavy atom. The lowest BCUT2D eigenvalue weighted by molar-refractivity contribution is 0.409. The minimum atomic E-state index is 0.573. The zero-order valence-electron chi connectivity index (χ0n) is 13.2. The SMILES string of the molecule is CN=C(NCCc1cc(C)ccc1OC)NCc1ccon1. The fourth-order valence-electron chi connectivity index (χ4n) is 2.14. The van der Waals surface area contributed by atoms with E-state index in [4.69, 9.17) is 9.26 Å². The molecule has 0 aliphatic heterocycles. The topological polar surface area (TPSA) is 71.7 Å². The summed E-state index contributed by atoms with van der Waals surface area (Å²) in [6, 6.07) is 8.01. The molecule has 1 aromatic carbocycles. The summed E-state index contributed by atoms with van der Waals surface area (Å²) in [6.07, 6.45) is 2.41. The van der Waals surface area contributed by atoms with Crippen molar-refractivity contribution >= 4 is 5.96 Å². The number of aromatic nitrogens is 1. The molecule has 0 radical (unpaired) electrons. The summed E-state index contributed by atoms with van der Waals surface area (Å²) in [5, 5.41) is 10.3. The van der Waals surface area contributed by atoms with Gasteiger partial charge in [0.2, 0.25) is 0 Å². The average Bonchev–Trinajstić information content (AvgIpc) is 3.04. The number of aryl methyl sites for hydroxylation is 1. The Bertz CT molecular complexity index is 609. The molecule has 0 fully saturated rings. The van der Waals surface area contributed by atoms with Gasteiger partial charge in [0.1, 0.15) is 17.7 Å². The lowest BCUT2D eigenvalue weighted by Crippen LogP contribution is -2.37. The highest BCUT2D eigenvalue weighted by Crippen LogP contribution is 2.19. The van der Waals surface area contributed by atoms with Crippen molar-refractivity contribution in [2.45, 2.75) is 19.9 Å². The van der Waals surface area contributed by atoms with Crippen LogP contribution in [0.25, 0.3) is 0 Å². The third-order valence-electron chi connectivity index (χ3n) is 3.27. The molecule has 2 rings (SSSR count). The minimum Gasteiger partial charge on any atom is -0.496 e. The molecular formula is C16H22N4O2. The highest BCUT2D eigenvalue weighted by molar-refractivity contribution is 5.79. The Hall–Kier alpha value is -2.50. The summed E-state index contributed by atoms with van der Waals surface area (Å²) < 4.78 is 10.2. The number of ether oxygens (including phenoxy) is 1. The Morgan fingerprint density at radius 3 is 2.86 bits per heavy atom. The molecule has 0 amide bonds. The second-order valence-corrected chi connectivity index (χ2v) is 4.91. The second-order valence-electron chi connectivity index (χ2n) is 4.91. The van der Waals surface area contributed by atoms with Crippen LogP contribution in [0.15, 0.2) is 40.0 Å².